The molecule has 0 aliphatic heterocycles. The number of aromatic amines is 3. The van der Waals surface area contributed by atoms with Crippen LogP contribution in [0.15, 0.2) is 18.2 Å². The van der Waals surface area contributed by atoms with Crippen LogP contribution in [0.25, 0.3) is 0 Å². The van der Waals surface area contributed by atoms with E-state index < -0.39 is 23.8 Å². The van der Waals surface area contributed by atoms with Crippen LogP contribution in [0.1, 0.15) is 109 Å². The van der Waals surface area contributed by atoms with Crippen LogP contribution in [0.2, 0.25) is 0 Å². The molecule has 0 aromatic carbocycles. The minimum absolute atomic E-state index is 0.00608. The van der Waals surface area contributed by atoms with Crippen molar-refractivity contribution in [1.29, 1.82) is 0 Å². The van der Waals surface area contributed by atoms with Crippen molar-refractivity contribution in [2.45, 2.75) is 89.1 Å². The average Bonchev–Trinajstić information content (AvgIpc) is 4.03. The van der Waals surface area contributed by atoms with Crippen molar-refractivity contribution in [1.82, 2.24) is 41.2 Å². The average molecular weight is 848 g/mol. The number of likely N-dealkylation sites (N-methyl/N-ethyl adjacent to an activating group) is 1. The first-order valence-corrected chi connectivity index (χ1v) is 20.2. The number of nitrogens with two attached hydrogens (primary N) is 3. The molecule has 0 unspecified atom stereocenters. The third-order valence-electron chi connectivity index (χ3n) is 9.05. The highest BCUT2D eigenvalue weighted by atomic mass is 17.3. The van der Waals surface area contributed by atoms with Crippen molar-refractivity contribution in [2.75, 3.05) is 70.4 Å². The lowest BCUT2D eigenvalue weighted by Crippen LogP contribution is -2.41. The van der Waals surface area contributed by atoms with Crippen LogP contribution in [-0.4, -0.2) is 132 Å². The molecular formula is C37H61N13O10. The molecule has 0 aliphatic rings. The summed E-state index contributed by atoms with van der Waals surface area (Å²) in [7, 11) is 1.82. The molecule has 3 aromatic heterocycles. The second kappa shape index (κ2) is 29.1. The number of ether oxygens (including phenoxy) is 3. The van der Waals surface area contributed by atoms with E-state index in [-0.39, 0.29) is 58.6 Å². The molecule has 2 atom stereocenters. The SMILES string of the molecule is CN[C@@H](CCCCN)C(=O)CCCCOCCOCCOCCCCC(=O)[C@H](CCCCN)NC(=O)c1cc(NC(=O)c2cc(NC(=O)c3cc(OON)n[nH]3)n[nH]2)n[nH]1. The van der Waals surface area contributed by atoms with Crippen LogP contribution in [0.3, 0.4) is 0 Å². The van der Waals surface area contributed by atoms with E-state index >= 15 is 0 Å². The number of Topliss-reactive ketones (excluding diaryl/α,β-unsaturated/α-hetero) is 2. The van der Waals surface area contributed by atoms with Gasteiger partial charge in [-0.15, -0.1) is 5.10 Å². The summed E-state index contributed by atoms with van der Waals surface area (Å²) in [4.78, 5) is 72.3. The van der Waals surface area contributed by atoms with Gasteiger partial charge in [-0.05, 0) is 77.9 Å². The summed E-state index contributed by atoms with van der Waals surface area (Å²) in [6, 6.07) is 3.00. The Hall–Kier alpha value is -5.14. The number of nitrogens with zero attached hydrogens (tertiary/aromatic N) is 3. The number of carbonyl (C=O) groups is 5. The van der Waals surface area contributed by atoms with E-state index in [9.17, 15) is 24.0 Å². The highest BCUT2D eigenvalue weighted by Crippen LogP contribution is 2.14. The van der Waals surface area contributed by atoms with Gasteiger partial charge in [0.05, 0.1) is 38.5 Å². The largest absolute Gasteiger partial charge is 0.379 e. The van der Waals surface area contributed by atoms with Crippen molar-refractivity contribution in [3.05, 3.63) is 35.3 Å². The van der Waals surface area contributed by atoms with Gasteiger partial charge in [-0.2, -0.15) is 16.1 Å². The lowest BCUT2D eigenvalue weighted by atomic mass is 10.0. The maximum Gasteiger partial charge on any atom is 0.277 e. The van der Waals surface area contributed by atoms with E-state index in [0.717, 1.165) is 32.1 Å². The predicted molar refractivity (Wildman–Crippen MR) is 218 cm³/mol. The fourth-order valence-electron chi connectivity index (χ4n) is 5.78. The molecule has 3 rings (SSSR count). The van der Waals surface area contributed by atoms with Crippen LogP contribution in [0, 0.1) is 0 Å². The quantitative estimate of drug-likeness (QED) is 0.0224. The number of amides is 3. The standard InChI is InChI=1S/C37H61N13O10/c1-41-25(10-2-6-14-38)30(51)12-4-8-16-56-18-20-58-21-19-57-17-9-5-13-31(52)26(11-3-7-15-39)42-35(53)27-22-32(48-45-27)43-36(54)28-23-33(49-46-28)44-37(55)29-24-34(50-47-29)59-60-40/h22-26,41H,2-21,38-40H2,1H3,(H,42,53)(H,47,50)(H2,43,45,48,54)(H2,44,46,49,55)/t25-,26-/m0/s1. The topological polar surface area (TPSA) is 344 Å². The Bertz CT molecular complexity index is 1720. The zero-order chi connectivity index (χ0) is 43.4. The van der Waals surface area contributed by atoms with Crippen LogP contribution in [-0.2, 0) is 28.8 Å². The number of unbranched alkanes of at least 4 members (excludes halogenated alkanes) is 4. The molecule has 0 saturated carbocycles. The number of hydrogen-bond acceptors (Lipinski definition) is 17. The second-order valence-electron chi connectivity index (χ2n) is 13.7. The van der Waals surface area contributed by atoms with Gasteiger partial charge in [-0.3, -0.25) is 44.2 Å². The number of ketones is 2. The van der Waals surface area contributed by atoms with Gasteiger partial charge in [0, 0.05) is 44.3 Å². The summed E-state index contributed by atoms with van der Waals surface area (Å²) in [6.45, 7) is 3.88. The molecule has 334 valence electrons. The number of nitrogens with one attached hydrogen (secondary N) is 7. The number of H-pyrrole nitrogens is 3. The predicted octanol–water partition coefficient (Wildman–Crippen LogP) is 1.02. The van der Waals surface area contributed by atoms with E-state index in [0.29, 0.717) is 91.3 Å². The van der Waals surface area contributed by atoms with E-state index in [1.165, 1.54) is 18.2 Å². The number of hydrogen-bond donors (Lipinski definition) is 10. The molecule has 0 spiro atoms. The molecule has 3 aromatic rings. The third kappa shape index (κ3) is 18.8. The van der Waals surface area contributed by atoms with Gasteiger partial charge in [-0.1, -0.05) is 11.4 Å². The molecule has 3 heterocycles. The zero-order valence-electron chi connectivity index (χ0n) is 34.2. The maximum atomic E-state index is 13.1. The number of aromatic nitrogens is 6. The molecule has 23 nitrogen and oxygen atoms in total. The normalized spacial score (nSPS) is 12.2. The molecule has 0 bridgehead atoms. The highest BCUT2D eigenvalue weighted by Gasteiger charge is 2.23. The van der Waals surface area contributed by atoms with Crippen molar-refractivity contribution in [2.24, 2.45) is 17.4 Å². The molecule has 3 amide bonds. The Kier molecular flexibility index (Phi) is 23.9. The lowest BCUT2D eigenvalue weighted by Gasteiger charge is -2.17. The number of carbonyl (C=O) groups excluding carboxylic acids is 5. The molecule has 0 aliphatic carbocycles. The van der Waals surface area contributed by atoms with Crippen molar-refractivity contribution < 1.29 is 48.1 Å². The monoisotopic (exact) mass is 847 g/mol. The highest BCUT2D eigenvalue weighted by molar-refractivity contribution is 6.06. The van der Waals surface area contributed by atoms with Crippen LogP contribution >= 0.6 is 0 Å². The molecule has 13 N–H and O–H groups in total. The van der Waals surface area contributed by atoms with Crippen molar-refractivity contribution >= 4 is 40.9 Å². The minimum atomic E-state index is -0.736. The molecule has 23 heteroatoms. The summed E-state index contributed by atoms with van der Waals surface area (Å²) in [5.74, 6) is 3.05. The number of rotatable bonds is 35. The first-order chi connectivity index (χ1) is 29.2. The fraction of sp³-hybridized carbons (Fsp3) is 0.622. The first kappa shape index (κ1) is 49.2. The van der Waals surface area contributed by atoms with Gasteiger partial charge in [0.1, 0.15) is 22.9 Å². The Morgan fingerprint density at radius 2 is 1.07 bits per heavy atom. The Morgan fingerprint density at radius 1 is 0.600 bits per heavy atom. The van der Waals surface area contributed by atoms with E-state index in [1.807, 2.05) is 7.05 Å². The smallest absolute Gasteiger partial charge is 0.277 e. The summed E-state index contributed by atoms with van der Waals surface area (Å²) in [5.41, 5.74) is 11.2. The maximum absolute atomic E-state index is 13.1. The zero-order valence-corrected chi connectivity index (χ0v) is 34.2. The fourth-order valence-corrected chi connectivity index (χ4v) is 5.78. The van der Waals surface area contributed by atoms with Crippen LogP contribution in [0.5, 0.6) is 5.88 Å². The molecular weight excluding hydrogens is 786 g/mol. The third-order valence-corrected chi connectivity index (χ3v) is 9.05. The molecule has 0 fully saturated rings. The van der Waals surface area contributed by atoms with Crippen molar-refractivity contribution in [3.8, 4) is 5.88 Å². The molecule has 0 radical (unpaired) electrons. The van der Waals surface area contributed by atoms with Gasteiger partial charge < -0.3 is 46.9 Å². The van der Waals surface area contributed by atoms with E-state index in [4.69, 9.17) is 31.6 Å². The van der Waals surface area contributed by atoms with Crippen molar-refractivity contribution in [3.63, 3.8) is 0 Å². The van der Waals surface area contributed by atoms with Gasteiger partial charge in [-0.25, -0.2) is 0 Å². The van der Waals surface area contributed by atoms with Gasteiger partial charge in [0.15, 0.2) is 17.4 Å². The summed E-state index contributed by atoms with van der Waals surface area (Å²) < 4.78 is 16.8. The Balaban J connectivity index is 1.28. The Labute approximate surface area is 347 Å². The summed E-state index contributed by atoms with van der Waals surface area (Å²) in [6.07, 6.45) is 8.06. The lowest BCUT2D eigenvalue weighted by molar-refractivity contribution is -0.214. The van der Waals surface area contributed by atoms with Gasteiger partial charge >= 0.3 is 0 Å². The van der Waals surface area contributed by atoms with E-state index in [2.05, 4.69) is 61.7 Å². The summed E-state index contributed by atoms with van der Waals surface area (Å²) in [5, 5.41) is 29.9. The Morgan fingerprint density at radius 3 is 1.58 bits per heavy atom. The summed E-state index contributed by atoms with van der Waals surface area (Å²) >= 11 is 0. The number of anilines is 2. The minimum Gasteiger partial charge on any atom is -0.379 e. The van der Waals surface area contributed by atoms with Crippen LogP contribution in [0.4, 0.5) is 11.6 Å². The first-order valence-electron chi connectivity index (χ1n) is 20.2. The van der Waals surface area contributed by atoms with Gasteiger partial charge in [0.2, 0.25) is 0 Å². The second-order valence-corrected chi connectivity index (χ2v) is 13.7. The van der Waals surface area contributed by atoms with Gasteiger partial charge in [0.25, 0.3) is 23.6 Å². The van der Waals surface area contributed by atoms with E-state index in [1.54, 1.807) is 0 Å². The molecule has 60 heavy (non-hydrogen) atoms. The van der Waals surface area contributed by atoms with Crippen LogP contribution < -0.4 is 43.5 Å². The molecule has 0 saturated heterocycles.